The first-order valence-electron chi connectivity index (χ1n) is 9.16. The largest absolute Gasteiger partial charge is 0.212 e. The Bertz CT molecular complexity index is 482. The van der Waals surface area contributed by atoms with Crippen molar-refractivity contribution in [2.75, 3.05) is 13.6 Å². The molecule has 0 amide bonds. The average Bonchev–Trinajstić information content (AvgIpc) is 2.80. The molecule has 0 spiro atoms. The maximum absolute atomic E-state index is 11.1. The number of hydrogen-bond acceptors (Lipinski definition) is 1. The monoisotopic (exact) mass is 290 g/mol. The van der Waals surface area contributed by atoms with Crippen LogP contribution in [0.3, 0.4) is 0 Å². The van der Waals surface area contributed by atoms with Crippen molar-refractivity contribution in [3.05, 3.63) is 11.8 Å². The van der Waals surface area contributed by atoms with Crippen LogP contribution in [0.15, 0.2) is 11.8 Å². The number of quaternary nitrogens is 1. The zero-order valence-electron chi connectivity index (χ0n) is 14.1. The van der Waals surface area contributed by atoms with Crippen LogP contribution in [0.2, 0.25) is 0 Å². The van der Waals surface area contributed by atoms with E-state index in [1.165, 1.54) is 50.6 Å². The minimum Gasteiger partial charge on any atom is -0.212 e. The third-order valence-corrected chi connectivity index (χ3v) is 7.95. The summed E-state index contributed by atoms with van der Waals surface area (Å²) in [6, 6.07) is 0. The molecule has 0 aromatic carbocycles. The molecule has 0 radical (unpaired) electrons. The highest BCUT2D eigenvalue weighted by molar-refractivity contribution is 5.17. The molecular formula is C19H32NO+. The summed E-state index contributed by atoms with van der Waals surface area (Å²) in [4.78, 5) is 0. The van der Waals surface area contributed by atoms with Gasteiger partial charge in [0, 0.05) is 11.3 Å². The van der Waals surface area contributed by atoms with E-state index < -0.39 is 0 Å². The zero-order chi connectivity index (χ0) is 14.9. The molecule has 1 aliphatic heterocycles. The van der Waals surface area contributed by atoms with E-state index in [0.29, 0.717) is 5.41 Å². The molecule has 3 aliphatic carbocycles. The summed E-state index contributed by atoms with van der Waals surface area (Å²) in [7, 11) is 2.05. The Morgan fingerprint density at radius 1 is 1.10 bits per heavy atom. The maximum Gasteiger partial charge on any atom is 0.143 e. The molecular weight excluding hydrogens is 258 g/mol. The molecule has 4 aliphatic rings. The van der Waals surface area contributed by atoms with Gasteiger partial charge in [-0.2, -0.15) is 4.65 Å². The normalized spacial score (nSPS) is 56.2. The fraction of sp³-hybridized carbons (Fsp3) is 0.895. The van der Waals surface area contributed by atoms with E-state index in [2.05, 4.69) is 19.9 Å². The number of hydroxylamine groups is 3. The lowest BCUT2D eigenvalue weighted by Gasteiger charge is -2.59. The number of rotatable bonds is 0. The predicted molar refractivity (Wildman–Crippen MR) is 84.5 cm³/mol. The van der Waals surface area contributed by atoms with Crippen molar-refractivity contribution >= 4 is 0 Å². The molecule has 1 heterocycles. The third-order valence-electron chi connectivity index (χ3n) is 7.95. The van der Waals surface area contributed by atoms with Crippen molar-refractivity contribution in [3.63, 3.8) is 0 Å². The Morgan fingerprint density at radius 2 is 1.90 bits per heavy atom. The SMILES string of the molecule is C[C@@]12CCC[C@H]1[C@@H]1C[N+](C)(O)C3=CCCC[C@]3(C)[C@H]1CC2. The van der Waals surface area contributed by atoms with Gasteiger partial charge in [-0.1, -0.05) is 13.3 Å². The Balaban J connectivity index is 1.77. The van der Waals surface area contributed by atoms with Crippen LogP contribution in [0, 0.1) is 28.6 Å². The summed E-state index contributed by atoms with van der Waals surface area (Å²) < 4.78 is 0.185. The van der Waals surface area contributed by atoms with Gasteiger partial charge in [0.15, 0.2) is 0 Å². The molecule has 1 N–H and O–H groups in total. The second kappa shape index (κ2) is 4.35. The topological polar surface area (TPSA) is 20.2 Å². The first-order chi connectivity index (χ1) is 9.87. The number of likely N-dealkylation sites (tertiary alicyclic amines) is 1. The van der Waals surface area contributed by atoms with Gasteiger partial charge in [0.05, 0.1) is 0 Å². The third kappa shape index (κ3) is 1.84. The Morgan fingerprint density at radius 3 is 2.71 bits per heavy atom. The highest BCUT2D eigenvalue weighted by atomic mass is 16.5. The average molecular weight is 290 g/mol. The minimum absolute atomic E-state index is 0.185. The molecule has 6 atom stereocenters. The maximum atomic E-state index is 11.1. The van der Waals surface area contributed by atoms with Gasteiger partial charge in [0.2, 0.25) is 0 Å². The predicted octanol–water partition coefficient (Wildman–Crippen LogP) is 4.74. The summed E-state index contributed by atoms with van der Waals surface area (Å²) in [5, 5.41) is 11.1. The van der Waals surface area contributed by atoms with Gasteiger partial charge < -0.3 is 0 Å². The number of fused-ring (bicyclic) bond motifs is 5. The van der Waals surface area contributed by atoms with Crippen molar-refractivity contribution in [1.29, 1.82) is 0 Å². The van der Waals surface area contributed by atoms with Crippen LogP contribution in [0.4, 0.5) is 0 Å². The van der Waals surface area contributed by atoms with Crippen LogP contribution in [0.5, 0.6) is 0 Å². The second-order valence-corrected chi connectivity index (χ2v) is 9.18. The standard InChI is InChI=1S/C19H32NO/c1-18-10-6-7-15(18)14-13-20(3,21)17-8-4-5-11-19(17,2)16(14)9-12-18/h8,14-16,21H,4-7,9-13H2,1-3H3/q+1/t14-,15-,16-,18-,19+,20?/m0/s1. The quantitative estimate of drug-likeness (QED) is 0.639. The van der Waals surface area contributed by atoms with Crippen LogP contribution < -0.4 is 0 Å². The molecule has 4 rings (SSSR count). The Kier molecular flexibility index (Phi) is 2.96. The molecule has 0 bridgehead atoms. The highest BCUT2D eigenvalue weighted by Gasteiger charge is 2.62. The van der Waals surface area contributed by atoms with E-state index in [4.69, 9.17) is 0 Å². The van der Waals surface area contributed by atoms with Gasteiger partial charge in [-0.3, -0.25) is 0 Å². The fourth-order valence-corrected chi connectivity index (χ4v) is 7.03. The van der Waals surface area contributed by atoms with Crippen molar-refractivity contribution in [2.24, 2.45) is 28.6 Å². The van der Waals surface area contributed by atoms with Gasteiger partial charge in [-0.05, 0) is 75.2 Å². The Hall–Kier alpha value is -0.340. The molecule has 118 valence electrons. The summed E-state index contributed by atoms with van der Waals surface area (Å²) in [5.41, 5.74) is 2.18. The van der Waals surface area contributed by atoms with E-state index >= 15 is 0 Å². The molecule has 2 nitrogen and oxygen atoms in total. The number of nitrogens with zero attached hydrogens (tertiary/aromatic N) is 1. The number of piperidine rings is 1. The number of allylic oxidation sites excluding steroid dienone is 2. The van der Waals surface area contributed by atoms with Crippen LogP contribution in [-0.2, 0) is 0 Å². The molecule has 2 saturated carbocycles. The van der Waals surface area contributed by atoms with Crippen molar-refractivity contribution in [3.8, 4) is 0 Å². The second-order valence-electron chi connectivity index (χ2n) is 9.18. The molecule has 21 heavy (non-hydrogen) atoms. The van der Waals surface area contributed by atoms with Gasteiger partial charge >= 0.3 is 0 Å². The van der Waals surface area contributed by atoms with E-state index in [0.717, 1.165) is 30.7 Å². The minimum atomic E-state index is 0.185. The van der Waals surface area contributed by atoms with Crippen LogP contribution in [-0.4, -0.2) is 23.4 Å². The van der Waals surface area contributed by atoms with Gasteiger partial charge in [0.25, 0.3) is 0 Å². The van der Waals surface area contributed by atoms with E-state index in [9.17, 15) is 5.21 Å². The first-order valence-corrected chi connectivity index (χ1v) is 9.16. The van der Waals surface area contributed by atoms with Crippen molar-refractivity contribution < 1.29 is 9.85 Å². The van der Waals surface area contributed by atoms with Crippen LogP contribution >= 0.6 is 0 Å². The Labute approximate surface area is 129 Å². The molecule has 3 fully saturated rings. The summed E-state index contributed by atoms with van der Waals surface area (Å²) >= 11 is 0. The zero-order valence-corrected chi connectivity index (χ0v) is 14.1. The molecule has 1 unspecified atom stereocenters. The molecule has 1 saturated heterocycles. The van der Waals surface area contributed by atoms with E-state index in [1.54, 1.807) is 0 Å². The summed E-state index contributed by atoms with van der Waals surface area (Å²) in [5.74, 6) is 2.42. The van der Waals surface area contributed by atoms with Crippen molar-refractivity contribution in [2.45, 2.75) is 65.2 Å². The van der Waals surface area contributed by atoms with Crippen LogP contribution in [0.1, 0.15) is 65.2 Å². The smallest absolute Gasteiger partial charge is 0.143 e. The molecule has 0 aromatic heterocycles. The highest BCUT2D eigenvalue weighted by Crippen LogP contribution is 2.64. The summed E-state index contributed by atoms with van der Waals surface area (Å²) in [6.45, 7) is 5.97. The van der Waals surface area contributed by atoms with Crippen LogP contribution in [0.25, 0.3) is 0 Å². The van der Waals surface area contributed by atoms with Gasteiger partial charge in [-0.15, -0.1) is 0 Å². The molecule has 2 heteroatoms. The lowest BCUT2D eigenvalue weighted by molar-refractivity contribution is -1.07. The lowest BCUT2D eigenvalue weighted by atomic mass is 9.50. The fourth-order valence-electron chi connectivity index (χ4n) is 7.03. The van der Waals surface area contributed by atoms with E-state index in [-0.39, 0.29) is 10.1 Å². The number of hydrogen-bond donors (Lipinski definition) is 1. The molecule has 0 aromatic rings. The lowest BCUT2D eigenvalue weighted by Crippen LogP contribution is -2.62. The van der Waals surface area contributed by atoms with Gasteiger partial charge in [0.1, 0.15) is 19.3 Å². The first kappa shape index (κ1) is 14.3. The summed E-state index contributed by atoms with van der Waals surface area (Å²) in [6.07, 6.45) is 13.2. The van der Waals surface area contributed by atoms with Gasteiger partial charge in [-0.25, -0.2) is 5.21 Å². The van der Waals surface area contributed by atoms with Crippen molar-refractivity contribution in [1.82, 2.24) is 0 Å². The van der Waals surface area contributed by atoms with E-state index in [1.807, 2.05) is 7.05 Å².